The van der Waals surface area contributed by atoms with E-state index in [1.54, 1.807) is 63.2 Å². The second-order valence-corrected chi connectivity index (χ2v) is 8.71. The number of ether oxygens (including phenoxy) is 1. The molecule has 2 amide bonds. The fourth-order valence-electron chi connectivity index (χ4n) is 4.34. The van der Waals surface area contributed by atoms with Crippen LogP contribution in [0, 0.1) is 13.8 Å². The first kappa shape index (κ1) is 25.4. The molecular formula is C28H27N3O6. The van der Waals surface area contributed by atoms with Crippen LogP contribution in [0.1, 0.15) is 55.7 Å². The lowest BCUT2D eigenvalue weighted by atomic mass is 10.0. The summed E-state index contributed by atoms with van der Waals surface area (Å²) >= 11 is 0. The lowest BCUT2D eigenvalue weighted by molar-refractivity contribution is -0.139. The molecule has 9 heteroatoms. The monoisotopic (exact) mass is 501 g/mol. The molecule has 0 saturated carbocycles. The summed E-state index contributed by atoms with van der Waals surface area (Å²) in [5, 5.41) is 15.0. The van der Waals surface area contributed by atoms with Crippen molar-refractivity contribution in [2.24, 2.45) is 0 Å². The third-order valence-corrected chi connectivity index (χ3v) is 6.20. The molecule has 2 heterocycles. The summed E-state index contributed by atoms with van der Waals surface area (Å²) in [4.78, 5) is 53.0. The molecule has 190 valence electrons. The van der Waals surface area contributed by atoms with Crippen molar-refractivity contribution in [1.29, 1.82) is 0 Å². The van der Waals surface area contributed by atoms with E-state index in [1.165, 1.54) is 6.07 Å². The fraction of sp³-hybridized carbons (Fsp3) is 0.214. The van der Waals surface area contributed by atoms with Crippen LogP contribution in [0.2, 0.25) is 0 Å². The van der Waals surface area contributed by atoms with Crippen molar-refractivity contribution in [3.8, 4) is 0 Å². The number of aryl methyl sites for hydroxylation is 1. The number of carboxylic acids is 1. The predicted molar refractivity (Wildman–Crippen MR) is 138 cm³/mol. The smallest absolute Gasteiger partial charge is 0.340 e. The number of H-pyrrole nitrogens is 1. The quantitative estimate of drug-likeness (QED) is 0.274. The summed E-state index contributed by atoms with van der Waals surface area (Å²) < 4.78 is 5.13. The molecule has 1 aliphatic rings. The normalized spacial score (nSPS) is 14.1. The Hall–Kier alpha value is -4.66. The molecule has 0 fully saturated rings. The number of anilines is 1. The maximum atomic E-state index is 13.0. The molecule has 37 heavy (non-hydrogen) atoms. The van der Waals surface area contributed by atoms with Crippen molar-refractivity contribution >= 4 is 41.1 Å². The van der Waals surface area contributed by atoms with Gasteiger partial charge in [0.1, 0.15) is 6.04 Å². The number of benzene rings is 2. The van der Waals surface area contributed by atoms with E-state index in [0.717, 1.165) is 5.56 Å². The van der Waals surface area contributed by atoms with Gasteiger partial charge >= 0.3 is 11.9 Å². The number of fused-ring (bicyclic) bond motifs is 1. The number of carbonyl (C=O) groups is 4. The van der Waals surface area contributed by atoms with E-state index in [9.17, 15) is 24.3 Å². The number of aliphatic carboxylic acids is 1. The fourth-order valence-corrected chi connectivity index (χ4v) is 4.34. The van der Waals surface area contributed by atoms with Gasteiger partial charge in [-0.2, -0.15) is 0 Å². The number of carbonyl (C=O) groups excluding carboxylic acids is 3. The summed E-state index contributed by atoms with van der Waals surface area (Å²) in [6.07, 6.45) is 1.76. The molecule has 0 radical (unpaired) electrons. The van der Waals surface area contributed by atoms with Gasteiger partial charge in [-0.05, 0) is 56.2 Å². The first-order valence-electron chi connectivity index (χ1n) is 11.8. The number of esters is 1. The highest BCUT2D eigenvalue weighted by molar-refractivity contribution is 6.35. The van der Waals surface area contributed by atoms with Gasteiger partial charge in [0.15, 0.2) is 0 Å². The number of nitrogens with one attached hydrogen (secondary N) is 3. The third kappa shape index (κ3) is 5.30. The lowest BCUT2D eigenvalue weighted by Crippen LogP contribution is -2.42. The highest BCUT2D eigenvalue weighted by atomic mass is 16.5. The van der Waals surface area contributed by atoms with Crippen LogP contribution in [0.15, 0.2) is 48.5 Å². The third-order valence-electron chi connectivity index (χ3n) is 6.20. The minimum absolute atomic E-state index is 0.131. The Kier molecular flexibility index (Phi) is 7.24. The molecule has 0 aliphatic carbocycles. The Labute approximate surface area is 213 Å². The molecule has 3 aromatic rings. The summed E-state index contributed by atoms with van der Waals surface area (Å²) in [7, 11) is 0. The number of carboxylic acid groups (broad SMARTS) is 1. The standard InChI is InChI=1S/C28H27N3O6/c1-4-37-28(36)24-15(2)22(29-16(24)3)14-20-19-13-18(10-11-21(19)30-26(20)33)25(32)31-23(27(34)35)12-17-8-6-5-7-9-17/h5-11,13-14,23,29H,4,12H2,1-3H3,(H,30,33)(H,31,32)(H,34,35)/t23-/m0/s1. The predicted octanol–water partition coefficient (Wildman–Crippen LogP) is 3.73. The highest BCUT2D eigenvalue weighted by Crippen LogP contribution is 2.35. The second kappa shape index (κ2) is 10.5. The number of hydrogen-bond donors (Lipinski definition) is 4. The van der Waals surface area contributed by atoms with Crippen LogP contribution in [0.25, 0.3) is 11.6 Å². The number of rotatable bonds is 8. The molecule has 1 aliphatic heterocycles. The van der Waals surface area contributed by atoms with E-state index in [4.69, 9.17) is 4.74 Å². The minimum Gasteiger partial charge on any atom is -0.480 e. The Bertz CT molecular complexity index is 1420. The molecule has 2 aromatic carbocycles. The van der Waals surface area contributed by atoms with Gasteiger partial charge in [0.05, 0.1) is 17.7 Å². The zero-order valence-electron chi connectivity index (χ0n) is 20.7. The van der Waals surface area contributed by atoms with Crippen molar-refractivity contribution in [3.63, 3.8) is 0 Å². The first-order valence-corrected chi connectivity index (χ1v) is 11.8. The molecule has 4 rings (SSSR count). The van der Waals surface area contributed by atoms with Crippen LogP contribution < -0.4 is 10.6 Å². The Morgan fingerprint density at radius 2 is 1.84 bits per heavy atom. The summed E-state index contributed by atoms with van der Waals surface area (Å²) in [5.41, 5.74) is 4.58. The molecule has 1 atom stereocenters. The summed E-state index contributed by atoms with van der Waals surface area (Å²) in [6.45, 7) is 5.49. The van der Waals surface area contributed by atoms with Crippen molar-refractivity contribution in [2.75, 3.05) is 11.9 Å². The van der Waals surface area contributed by atoms with Crippen molar-refractivity contribution in [2.45, 2.75) is 33.2 Å². The maximum Gasteiger partial charge on any atom is 0.340 e. The van der Waals surface area contributed by atoms with Gasteiger partial charge in [-0.25, -0.2) is 9.59 Å². The second-order valence-electron chi connectivity index (χ2n) is 8.71. The molecule has 9 nitrogen and oxygen atoms in total. The van der Waals surface area contributed by atoms with Gasteiger partial charge in [0, 0.05) is 34.6 Å². The lowest BCUT2D eigenvalue weighted by Gasteiger charge is -2.15. The molecule has 0 unspecified atom stereocenters. The number of amides is 2. The first-order chi connectivity index (χ1) is 17.7. The van der Waals surface area contributed by atoms with Crippen molar-refractivity contribution in [1.82, 2.24) is 10.3 Å². The largest absolute Gasteiger partial charge is 0.480 e. The topological polar surface area (TPSA) is 138 Å². The van der Waals surface area contributed by atoms with Crippen LogP contribution in [0.4, 0.5) is 5.69 Å². The van der Waals surface area contributed by atoms with E-state index < -0.39 is 23.9 Å². The van der Waals surface area contributed by atoms with Gasteiger partial charge in [-0.3, -0.25) is 9.59 Å². The van der Waals surface area contributed by atoms with E-state index >= 15 is 0 Å². The van der Waals surface area contributed by atoms with Gasteiger partial charge in [-0.1, -0.05) is 30.3 Å². The van der Waals surface area contributed by atoms with Gasteiger partial charge < -0.3 is 25.5 Å². The summed E-state index contributed by atoms with van der Waals surface area (Å²) in [5.74, 6) is -2.52. The average Bonchev–Trinajstić information content (AvgIpc) is 3.33. The Balaban J connectivity index is 1.62. The Morgan fingerprint density at radius 1 is 1.11 bits per heavy atom. The average molecular weight is 502 g/mol. The number of aromatic nitrogens is 1. The van der Waals surface area contributed by atoms with Crippen LogP contribution >= 0.6 is 0 Å². The van der Waals surface area contributed by atoms with Gasteiger partial charge in [0.25, 0.3) is 11.8 Å². The molecule has 1 aromatic heterocycles. The molecular weight excluding hydrogens is 474 g/mol. The van der Waals surface area contributed by atoms with Crippen LogP contribution in [-0.2, 0) is 20.7 Å². The molecule has 0 bridgehead atoms. The van der Waals surface area contributed by atoms with Crippen molar-refractivity contribution < 1.29 is 29.0 Å². The van der Waals surface area contributed by atoms with Crippen LogP contribution in [0.3, 0.4) is 0 Å². The number of hydrogen-bond acceptors (Lipinski definition) is 5. The van der Waals surface area contributed by atoms with Crippen molar-refractivity contribution in [3.05, 3.63) is 87.7 Å². The number of aromatic amines is 1. The molecule has 0 spiro atoms. The van der Waals surface area contributed by atoms with E-state index in [1.807, 2.05) is 6.07 Å². The minimum atomic E-state index is -1.15. The van der Waals surface area contributed by atoms with Gasteiger partial charge in [0.2, 0.25) is 0 Å². The summed E-state index contributed by atoms with van der Waals surface area (Å²) in [6, 6.07) is 12.6. The molecule has 4 N–H and O–H groups in total. The van der Waals surface area contributed by atoms with Crippen LogP contribution in [-0.4, -0.2) is 46.5 Å². The zero-order valence-corrected chi connectivity index (χ0v) is 20.7. The van der Waals surface area contributed by atoms with E-state index in [0.29, 0.717) is 39.3 Å². The highest BCUT2D eigenvalue weighted by Gasteiger charge is 2.28. The zero-order chi connectivity index (χ0) is 26.7. The van der Waals surface area contributed by atoms with Crippen LogP contribution in [0.5, 0.6) is 0 Å². The van der Waals surface area contributed by atoms with Gasteiger partial charge in [-0.15, -0.1) is 0 Å². The van der Waals surface area contributed by atoms with E-state index in [-0.39, 0.29) is 24.5 Å². The van der Waals surface area contributed by atoms with E-state index in [2.05, 4.69) is 15.6 Å². The molecule has 0 saturated heterocycles. The SMILES string of the molecule is CCOC(=O)c1c(C)[nH]c(C=C2C(=O)Nc3ccc(C(=O)N[C@@H](Cc4ccccc4)C(=O)O)cc32)c1C. The maximum absolute atomic E-state index is 13.0. The Morgan fingerprint density at radius 3 is 2.51 bits per heavy atom.